The predicted molar refractivity (Wildman–Crippen MR) is 87.2 cm³/mol. The monoisotopic (exact) mass is 306 g/mol. The van der Waals surface area contributed by atoms with E-state index in [-0.39, 0.29) is 6.04 Å². The number of nitrogens with two attached hydrogens (primary N) is 1. The number of hydrazine groups is 1. The minimum Gasteiger partial charge on any atom is -0.271 e. The minimum atomic E-state index is 0.0223. The number of benzene rings is 1. The molecule has 0 saturated heterocycles. The van der Waals surface area contributed by atoms with E-state index < -0.39 is 0 Å². The van der Waals surface area contributed by atoms with Crippen molar-refractivity contribution in [2.45, 2.75) is 46.2 Å². The summed E-state index contributed by atoms with van der Waals surface area (Å²) in [6, 6.07) is 8.37. The Kier molecular flexibility index (Phi) is 5.39. The Bertz CT molecular complexity index is 606. The van der Waals surface area contributed by atoms with Crippen LogP contribution in [0, 0.1) is 6.92 Å². The molecule has 1 heterocycles. The van der Waals surface area contributed by atoms with Gasteiger partial charge in [-0.1, -0.05) is 48.4 Å². The van der Waals surface area contributed by atoms with E-state index >= 15 is 0 Å². The average Bonchev–Trinajstić information content (AvgIpc) is 2.80. The number of hydrogen-bond donors (Lipinski definition) is 2. The molecular formula is C16H23ClN4. The van der Waals surface area contributed by atoms with Gasteiger partial charge in [-0.05, 0) is 25.8 Å². The summed E-state index contributed by atoms with van der Waals surface area (Å²) in [5.41, 5.74) is 7.28. The van der Waals surface area contributed by atoms with Crippen LogP contribution in [0.25, 0.3) is 0 Å². The second-order valence-corrected chi connectivity index (χ2v) is 5.59. The first-order valence-electron chi connectivity index (χ1n) is 7.37. The molecule has 0 aliphatic carbocycles. The summed E-state index contributed by atoms with van der Waals surface area (Å²) >= 11 is 6.48. The van der Waals surface area contributed by atoms with Gasteiger partial charge in [-0.3, -0.25) is 16.0 Å². The van der Waals surface area contributed by atoms with Crippen molar-refractivity contribution in [3.05, 3.63) is 51.8 Å². The zero-order chi connectivity index (χ0) is 15.4. The Hall–Kier alpha value is -1.36. The number of hydrogen-bond acceptors (Lipinski definition) is 3. The number of rotatable bonds is 6. The molecule has 4 nitrogen and oxygen atoms in total. The van der Waals surface area contributed by atoms with Crippen LogP contribution >= 0.6 is 11.6 Å². The lowest BCUT2D eigenvalue weighted by Gasteiger charge is -2.18. The standard InChI is InChI=1S/C16H23ClN4/c1-4-13-16(17)15(21(5-2)20-13)10-14(19-18)12-8-6-7-11(3)9-12/h6-9,14,19H,4-5,10,18H2,1-3H3. The van der Waals surface area contributed by atoms with E-state index in [0.29, 0.717) is 0 Å². The molecule has 2 aromatic rings. The Balaban J connectivity index is 2.32. The minimum absolute atomic E-state index is 0.0223. The summed E-state index contributed by atoms with van der Waals surface area (Å²) in [5, 5.41) is 5.33. The number of aromatic nitrogens is 2. The van der Waals surface area contributed by atoms with Gasteiger partial charge in [0.15, 0.2) is 0 Å². The number of nitrogens with zero attached hydrogens (tertiary/aromatic N) is 2. The van der Waals surface area contributed by atoms with Crippen LogP contribution in [0.2, 0.25) is 5.02 Å². The molecule has 0 fully saturated rings. The van der Waals surface area contributed by atoms with Crippen LogP contribution in [-0.2, 0) is 19.4 Å². The van der Waals surface area contributed by atoms with Crippen LogP contribution < -0.4 is 11.3 Å². The first-order chi connectivity index (χ1) is 10.1. The van der Waals surface area contributed by atoms with E-state index in [2.05, 4.69) is 49.5 Å². The zero-order valence-corrected chi connectivity index (χ0v) is 13.6. The Morgan fingerprint density at radius 3 is 2.71 bits per heavy atom. The van der Waals surface area contributed by atoms with Crippen LogP contribution in [0.5, 0.6) is 0 Å². The third-order valence-corrected chi connectivity index (χ3v) is 4.17. The molecular weight excluding hydrogens is 284 g/mol. The highest BCUT2D eigenvalue weighted by Gasteiger charge is 2.19. The van der Waals surface area contributed by atoms with E-state index in [1.165, 1.54) is 5.56 Å². The van der Waals surface area contributed by atoms with Gasteiger partial charge in [0.25, 0.3) is 0 Å². The van der Waals surface area contributed by atoms with Crippen LogP contribution in [0.3, 0.4) is 0 Å². The molecule has 1 aromatic heterocycles. The van der Waals surface area contributed by atoms with Gasteiger partial charge in [-0.15, -0.1) is 0 Å². The molecule has 1 aromatic carbocycles. The van der Waals surface area contributed by atoms with E-state index in [9.17, 15) is 0 Å². The van der Waals surface area contributed by atoms with Gasteiger partial charge in [-0.2, -0.15) is 5.10 Å². The number of aryl methyl sites for hydroxylation is 3. The zero-order valence-electron chi connectivity index (χ0n) is 12.9. The van der Waals surface area contributed by atoms with Crippen molar-refractivity contribution in [3.63, 3.8) is 0 Å². The molecule has 1 atom stereocenters. The maximum absolute atomic E-state index is 6.48. The fraction of sp³-hybridized carbons (Fsp3) is 0.438. The highest BCUT2D eigenvalue weighted by atomic mass is 35.5. The van der Waals surface area contributed by atoms with Crippen LogP contribution in [0.1, 0.15) is 42.4 Å². The molecule has 0 saturated carbocycles. The van der Waals surface area contributed by atoms with Crippen molar-refractivity contribution in [2.24, 2.45) is 5.84 Å². The van der Waals surface area contributed by atoms with Crippen molar-refractivity contribution in [3.8, 4) is 0 Å². The normalized spacial score (nSPS) is 12.6. The lowest BCUT2D eigenvalue weighted by Crippen LogP contribution is -2.30. The van der Waals surface area contributed by atoms with Gasteiger partial charge in [0, 0.05) is 13.0 Å². The topological polar surface area (TPSA) is 55.9 Å². The van der Waals surface area contributed by atoms with Gasteiger partial charge in [0.2, 0.25) is 0 Å². The van der Waals surface area contributed by atoms with Gasteiger partial charge in [-0.25, -0.2) is 0 Å². The molecule has 0 bridgehead atoms. The van der Waals surface area contributed by atoms with E-state index in [4.69, 9.17) is 17.4 Å². The molecule has 0 radical (unpaired) electrons. The highest BCUT2D eigenvalue weighted by Crippen LogP contribution is 2.27. The molecule has 21 heavy (non-hydrogen) atoms. The quantitative estimate of drug-likeness (QED) is 0.636. The van der Waals surface area contributed by atoms with Gasteiger partial charge < -0.3 is 0 Å². The summed E-state index contributed by atoms with van der Waals surface area (Å²) in [4.78, 5) is 0. The summed E-state index contributed by atoms with van der Waals surface area (Å²) in [7, 11) is 0. The lowest BCUT2D eigenvalue weighted by atomic mass is 10.0. The van der Waals surface area contributed by atoms with E-state index in [1.54, 1.807) is 0 Å². The van der Waals surface area contributed by atoms with E-state index in [1.807, 2.05) is 10.7 Å². The van der Waals surface area contributed by atoms with Crippen LogP contribution in [-0.4, -0.2) is 9.78 Å². The molecule has 2 rings (SSSR count). The fourth-order valence-electron chi connectivity index (χ4n) is 2.57. The van der Waals surface area contributed by atoms with Crippen molar-refractivity contribution >= 4 is 11.6 Å². The smallest absolute Gasteiger partial charge is 0.0850 e. The van der Waals surface area contributed by atoms with Crippen molar-refractivity contribution < 1.29 is 0 Å². The van der Waals surface area contributed by atoms with Crippen molar-refractivity contribution in [1.29, 1.82) is 0 Å². The first kappa shape index (κ1) is 16.0. The molecule has 3 N–H and O–H groups in total. The second-order valence-electron chi connectivity index (χ2n) is 5.21. The van der Waals surface area contributed by atoms with Crippen molar-refractivity contribution in [1.82, 2.24) is 15.2 Å². The molecule has 0 aliphatic heterocycles. The average molecular weight is 307 g/mol. The van der Waals surface area contributed by atoms with Gasteiger partial charge >= 0.3 is 0 Å². The molecule has 114 valence electrons. The number of nitrogens with one attached hydrogen (secondary N) is 1. The van der Waals surface area contributed by atoms with Crippen LogP contribution in [0.4, 0.5) is 0 Å². The number of halogens is 1. The predicted octanol–water partition coefficient (Wildman–Crippen LogP) is 3.17. The molecule has 1 unspecified atom stereocenters. The maximum atomic E-state index is 6.48. The van der Waals surface area contributed by atoms with Crippen LogP contribution in [0.15, 0.2) is 24.3 Å². The molecule has 0 amide bonds. The highest BCUT2D eigenvalue weighted by molar-refractivity contribution is 6.31. The third kappa shape index (κ3) is 3.46. The molecule has 0 spiro atoms. The Morgan fingerprint density at radius 2 is 2.14 bits per heavy atom. The lowest BCUT2D eigenvalue weighted by molar-refractivity contribution is 0.516. The SMILES string of the molecule is CCc1nn(CC)c(CC(NN)c2cccc(C)c2)c1Cl. The summed E-state index contributed by atoms with van der Waals surface area (Å²) in [5.74, 6) is 5.76. The summed E-state index contributed by atoms with van der Waals surface area (Å²) in [6.07, 6.45) is 1.56. The first-order valence-corrected chi connectivity index (χ1v) is 7.75. The van der Waals surface area contributed by atoms with Gasteiger partial charge in [0.05, 0.1) is 22.5 Å². The maximum Gasteiger partial charge on any atom is 0.0850 e. The largest absolute Gasteiger partial charge is 0.271 e. The van der Waals surface area contributed by atoms with Gasteiger partial charge in [0.1, 0.15) is 0 Å². The Labute approximate surface area is 131 Å². The molecule has 5 heteroatoms. The van der Waals surface area contributed by atoms with Crippen molar-refractivity contribution in [2.75, 3.05) is 0 Å². The summed E-state index contributed by atoms with van der Waals surface area (Å²) < 4.78 is 1.97. The Morgan fingerprint density at radius 1 is 1.38 bits per heavy atom. The fourth-order valence-corrected chi connectivity index (χ4v) is 2.91. The summed E-state index contributed by atoms with van der Waals surface area (Å²) in [6.45, 7) is 7.02. The van der Waals surface area contributed by atoms with E-state index in [0.717, 1.165) is 41.4 Å². The third-order valence-electron chi connectivity index (χ3n) is 3.74. The second kappa shape index (κ2) is 7.07. The molecule has 0 aliphatic rings.